The molecule has 3 aromatic carbocycles. The van der Waals surface area contributed by atoms with Crippen LogP contribution in [0.5, 0.6) is 0 Å². The summed E-state index contributed by atoms with van der Waals surface area (Å²) in [5.41, 5.74) is 4.41. The van der Waals surface area contributed by atoms with Gasteiger partial charge in [0.2, 0.25) is 15.9 Å². The first-order valence-corrected chi connectivity index (χ1v) is 12.5. The van der Waals surface area contributed by atoms with Gasteiger partial charge in [0.25, 0.3) is 0 Å². The number of aryl methyl sites for hydroxylation is 1. The Balaban J connectivity index is 1.38. The zero-order valence-corrected chi connectivity index (χ0v) is 19.3. The van der Waals surface area contributed by atoms with E-state index in [1.54, 1.807) is 41.3 Å². The molecule has 0 bridgehead atoms. The SMILES string of the molecule is Cc1cc2c(cc1N1CC[C@H](NS(=O)(=O)c3ccc4cc(Cl)ccc4c3)C1=O)CCNC2. The Kier molecular flexibility index (Phi) is 5.45. The predicted molar refractivity (Wildman–Crippen MR) is 127 cm³/mol. The van der Waals surface area contributed by atoms with Crippen LogP contribution in [0.4, 0.5) is 5.69 Å². The van der Waals surface area contributed by atoms with Crippen LogP contribution in [0.1, 0.15) is 23.1 Å². The van der Waals surface area contributed by atoms with E-state index in [1.807, 2.05) is 6.92 Å². The summed E-state index contributed by atoms with van der Waals surface area (Å²) in [5.74, 6) is -0.210. The molecule has 2 aliphatic heterocycles. The van der Waals surface area contributed by atoms with Gasteiger partial charge in [0.15, 0.2) is 0 Å². The largest absolute Gasteiger partial charge is 0.312 e. The molecular formula is C24H24ClN3O3S. The highest BCUT2D eigenvalue weighted by Gasteiger charge is 2.36. The summed E-state index contributed by atoms with van der Waals surface area (Å²) in [6.45, 7) is 4.24. The van der Waals surface area contributed by atoms with Crippen LogP contribution >= 0.6 is 11.6 Å². The second-order valence-electron chi connectivity index (χ2n) is 8.44. The lowest BCUT2D eigenvalue weighted by molar-refractivity contribution is -0.118. The predicted octanol–water partition coefficient (Wildman–Crippen LogP) is 3.53. The third-order valence-corrected chi connectivity index (χ3v) is 7.99. The summed E-state index contributed by atoms with van der Waals surface area (Å²) in [5, 5.41) is 5.59. The van der Waals surface area contributed by atoms with E-state index >= 15 is 0 Å². The molecule has 166 valence electrons. The minimum Gasteiger partial charge on any atom is -0.312 e. The maximum absolute atomic E-state index is 13.2. The zero-order chi connectivity index (χ0) is 22.5. The highest BCUT2D eigenvalue weighted by atomic mass is 35.5. The highest BCUT2D eigenvalue weighted by molar-refractivity contribution is 7.89. The number of rotatable bonds is 4. The Morgan fingerprint density at radius 1 is 1.06 bits per heavy atom. The third kappa shape index (κ3) is 3.90. The lowest BCUT2D eigenvalue weighted by Gasteiger charge is -2.24. The number of carbonyl (C=O) groups excluding carboxylic acids is 1. The van der Waals surface area contributed by atoms with E-state index in [9.17, 15) is 13.2 Å². The number of nitrogens with one attached hydrogen (secondary N) is 2. The fourth-order valence-corrected chi connectivity index (χ4v) is 6.02. The average molecular weight is 470 g/mol. The van der Waals surface area contributed by atoms with Crippen LogP contribution in [-0.4, -0.2) is 33.5 Å². The molecule has 2 N–H and O–H groups in total. The van der Waals surface area contributed by atoms with Gasteiger partial charge in [0.05, 0.1) is 4.90 Å². The second-order valence-corrected chi connectivity index (χ2v) is 10.6. The van der Waals surface area contributed by atoms with E-state index in [2.05, 4.69) is 22.2 Å². The molecule has 1 amide bonds. The number of hydrogen-bond donors (Lipinski definition) is 2. The molecule has 1 fully saturated rings. The number of amides is 1. The number of carbonyl (C=O) groups is 1. The first-order valence-electron chi connectivity index (χ1n) is 10.7. The number of halogens is 1. The van der Waals surface area contributed by atoms with Crippen LogP contribution in [0.2, 0.25) is 5.02 Å². The van der Waals surface area contributed by atoms with E-state index in [4.69, 9.17) is 11.6 Å². The summed E-state index contributed by atoms with van der Waals surface area (Å²) in [6, 6.07) is 13.6. The lowest BCUT2D eigenvalue weighted by atomic mass is 9.97. The van der Waals surface area contributed by atoms with Gasteiger partial charge in [-0.3, -0.25) is 4.79 Å². The van der Waals surface area contributed by atoms with Crippen molar-refractivity contribution in [3.05, 3.63) is 70.2 Å². The molecule has 2 aliphatic rings. The number of anilines is 1. The van der Waals surface area contributed by atoms with Crippen LogP contribution in [0.15, 0.2) is 53.4 Å². The van der Waals surface area contributed by atoms with Crippen molar-refractivity contribution in [1.29, 1.82) is 0 Å². The third-order valence-electron chi connectivity index (χ3n) is 6.28. The molecule has 1 saturated heterocycles. The maximum atomic E-state index is 13.2. The Bertz CT molecular complexity index is 1340. The van der Waals surface area contributed by atoms with Gasteiger partial charge in [0.1, 0.15) is 6.04 Å². The molecule has 5 rings (SSSR count). The van der Waals surface area contributed by atoms with Crippen LogP contribution in [-0.2, 0) is 27.8 Å². The Morgan fingerprint density at radius 2 is 1.84 bits per heavy atom. The topological polar surface area (TPSA) is 78.5 Å². The number of nitrogens with zero attached hydrogens (tertiary/aromatic N) is 1. The molecule has 32 heavy (non-hydrogen) atoms. The molecule has 1 atom stereocenters. The monoisotopic (exact) mass is 469 g/mol. The van der Waals surface area contributed by atoms with Crippen molar-refractivity contribution in [1.82, 2.24) is 10.0 Å². The van der Waals surface area contributed by atoms with E-state index in [0.29, 0.717) is 18.0 Å². The summed E-state index contributed by atoms with van der Waals surface area (Å²) in [6.07, 6.45) is 1.35. The van der Waals surface area contributed by atoms with Gasteiger partial charge in [0, 0.05) is 23.8 Å². The summed E-state index contributed by atoms with van der Waals surface area (Å²) in [7, 11) is -3.85. The summed E-state index contributed by atoms with van der Waals surface area (Å²) in [4.78, 5) is 15.0. The second kappa shape index (κ2) is 8.15. The molecule has 0 spiro atoms. The van der Waals surface area contributed by atoms with Gasteiger partial charge in [-0.1, -0.05) is 29.8 Å². The molecule has 0 aliphatic carbocycles. The first-order chi connectivity index (χ1) is 15.3. The van der Waals surface area contributed by atoms with Gasteiger partial charge in [-0.15, -0.1) is 0 Å². The number of sulfonamides is 1. The molecule has 6 nitrogen and oxygen atoms in total. The van der Waals surface area contributed by atoms with Crippen LogP contribution in [0.3, 0.4) is 0 Å². The fourth-order valence-electron chi connectivity index (χ4n) is 4.58. The zero-order valence-electron chi connectivity index (χ0n) is 17.7. The van der Waals surface area contributed by atoms with Gasteiger partial charge in [-0.25, -0.2) is 8.42 Å². The minimum atomic E-state index is -3.85. The van der Waals surface area contributed by atoms with Crippen LogP contribution in [0.25, 0.3) is 10.8 Å². The molecule has 2 heterocycles. The molecule has 3 aromatic rings. The Morgan fingerprint density at radius 3 is 2.69 bits per heavy atom. The summed E-state index contributed by atoms with van der Waals surface area (Å²) >= 11 is 6.02. The Labute approximate surface area is 192 Å². The van der Waals surface area contributed by atoms with Crippen molar-refractivity contribution < 1.29 is 13.2 Å². The average Bonchev–Trinajstić information content (AvgIpc) is 3.12. The summed E-state index contributed by atoms with van der Waals surface area (Å²) < 4.78 is 28.7. The number of hydrogen-bond acceptors (Lipinski definition) is 4. The van der Waals surface area contributed by atoms with Gasteiger partial charge in [-0.2, -0.15) is 4.72 Å². The molecular weight excluding hydrogens is 446 g/mol. The van der Waals surface area contributed by atoms with Gasteiger partial charge in [-0.05, 0) is 84.1 Å². The van der Waals surface area contributed by atoms with Crippen molar-refractivity contribution >= 4 is 44.0 Å². The fraction of sp³-hybridized carbons (Fsp3) is 0.292. The standard InChI is InChI=1S/C24H24ClN3O3S/c1-15-10-19-14-26-8-6-18(19)13-23(15)28-9-7-22(24(28)29)27-32(30,31)21-5-3-16-11-20(25)4-2-17(16)12-21/h2-5,10-13,22,26-27H,6-9,14H2,1H3/t22-/m0/s1. The lowest BCUT2D eigenvalue weighted by Crippen LogP contribution is -2.41. The maximum Gasteiger partial charge on any atom is 0.245 e. The van der Waals surface area contributed by atoms with Crippen molar-refractivity contribution in [2.45, 2.75) is 37.2 Å². The quantitative estimate of drug-likeness (QED) is 0.612. The van der Waals surface area contributed by atoms with Crippen molar-refractivity contribution in [3.8, 4) is 0 Å². The van der Waals surface area contributed by atoms with Crippen molar-refractivity contribution in [2.24, 2.45) is 0 Å². The normalized spacial score (nSPS) is 18.9. The van der Waals surface area contributed by atoms with Crippen molar-refractivity contribution in [3.63, 3.8) is 0 Å². The van der Waals surface area contributed by atoms with Crippen LogP contribution < -0.4 is 14.9 Å². The van der Waals surface area contributed by atoms with E-state index in [0.717, 1.165) is 41.5 Å². The molecule has 0 saturated carbocycles. The smallest absolute Gasteiger partial charge is 0.245 e. The molecule has 0 radical (unpaired) electrons. The van der Waals surface area contributed by atoms with Gasteiger partial charge < -0.3 is 10.2 Å². The van der Waals surface area contributed by atoms with Gasteiger partial charge >= 0.3 is 0 Å². The van der Waals surface area contributed by atoms with Crippen LogP contribution in [0, 0.1) is 6.92 Å². The molecule has 8 heteroatoms. The Hall–Kier alpha value is -2.45. The number of benzene rings is 3. The first kappa shape index (κ1) is 21.4. The van der Waals surface area contributed by atoms with E-state index < -0.39 is 16.1 Å². The van der Waals surface area contributed by atoms with E-state index in [-0.39, 0.29) is 10.8 Å². The van der Waals surface area contributed by atoms with Crippen molar-refractivity contribution in [2.75, 3.05) is 18.0 Å². The highest BCUT2D eigenvalue weighted by Crippen LogP contribution is 2.30. The van der Waals surface area contributed by atoms with E-state index in [1.165, 1.54) is 11.1 Å². The number of fused-ring (bicyclic) bond motifs is 2. The molecule has 0 aromatic heterocycles. The minimum absolute atomic E-state index is 0.135. The molecule has 0 unspecified atom stereocenters.